The Kier molecular flexibility index (Phi) is 7.04. The van der Waals surface area contributed by atoms with E-state index in [1.807, 2.05) is 42.5 Å². The van der Waals surface area contributed by atoms with Crippen molar-refractivity contribution < 1.29 is 24.0 Å². The predicted molar refractivity (Wildman–Crippen MR) is 149 cm³/mol. The third-order valence-electron chi connectivity index (χ3n) is 6.52. The molecule has 1 aliphatic carbocycles. The molecule has 41 heavy (non-hydrogen) atoms. The molecule has 0 unspecified atom stereocenters. The zero-order valence-electron chi connectivity index (χ0n) is 21.5. The summed E-state index contributed by atoms with van der Waals surface area (Å²) < 4.78 is 5.93. The van der Waals surface area contributed by atoms with E-state index in [2.05, 4.69) is 18.0 Å². The molecule has 0 aliphatic heterocycles. The molecule has 1 heterocycles. The van der Waals surface area contributed by atoms with Crippen molar-refractivity contribution in [3.05, 3.63) is 126 Å². The smallest absolute Gasteiger partial charge is 0.284 e. The second-order valence-corrected chi connectivity index (χ2v) is 9.12. The molecule has 0 saturated heterocycles. The van der Waals surface area contributed by atoms with Crippen molar-refractivity contribution >= 4 is 33.9 Å². The minimum Gasteiger partial charge on any atom is -0.436 e. The Morgan fingerprint density at radius 3 is 2.12 bits per heavy atom. The Labute approximate surface area is 231 Å². The number of non-ortho nitro benzene ring substituents is 2. The first-order chi connectivity index (χ1) is 19.7. The van der Waals surface area contributed by atoms with Gasteiger partial charge in [-0.25, -0.2) is 4.98 Å². The number of para-hydroxylation sites is 1. The number of nitro groups is 3. The maximum atomic E-state index is 12.3. The molecule has 1 aliphatic rings. The quantitative estimate of drug-likeness (QED) is 0.155. The Morgan fingerprint density at radius 2 is 1.46 bits per heavy atom. The number of fused-ring (bicyclic) bond motifs is 4. The van der Waals surface area contributed by atoms with Crippen LogP contribution in [0.4, 0.5) is 17.1 Å². The molecular weight excluding hydrogens is 532 g/mol. The van der Waals surface area contributed by atoms with Gasteiger partial charge < -0.3 is 4.42 Å². The Balaban J connectivity index is 0.000000169. The fourth-order valence-electron chi connectivity index (χ4n) is 4.70. The van der Waals surface area contributed by atoms with E-state index in [0.717, 1.165) is 53.8 Å². The van der Waals surface area contributed by atoms with Gasteiger partial charge in [-0.15, -0.1) is 0 Å². The van der Waals surface area contributed by atoms with Crippen LogP contribution in [0.2, 0.25) is 0 Å². The van der Waals surface area contributed by atoms with Crippen LogP contribution in [0.3, 0.4) is 0 Å². The van der Waals surface area contributed by atoms with Crippen LogP contribution < -0.4 is 0 Å². The predicted octanol–water partition coefficient (Wildman–Crippen LogP) is 7.07. The number of carbonyl (C=O) groups excluding carboxylic acids is 1. The van der Waals surface area contributed by atoms with Crippen LogP contribution in [0, 0.1) is 30.3 Å². The van der Waals surface area contributed by atoms with Crippen molar-refractivity contribution in [2.75, 3.05) is 0 Å². The van der Waals surface area contributed by atoms with E-state index in [-0.39, 0.29) is 27.9 Å². The third kappa shape index (κ3) is 5.01. The molecule has 0 spiro atoms. The molecule has 0 radical (unpaired) electrons. The summed E-state index contributed by atoms with van der Waals surface area (Å²) in [6.45, 7) is 2.17. The fraction of sp³-hybridized carbons (Fsp3) is 0.103. The Hall–Kier alpha value is -5.78. The van der Waals surface area contributed by atoms with Crippen molar-refractivity contribution in [3.8, 4) is 22.6 Å². The number of hydrogen-bond acceptors (Lipinski definition) is 9. The van der Waals surface area contributed by atoms with E-state index in [4.69, 9.17) is 4.42 Å². The zero-order chi connectivity index (χ0) is 29.3. The van der Waals surface area contributed by atoms with Gasteiger partial charge in [0.25, 0.3) is 17.1 Å². The molecule has 12 nitrogen and oxygen atoms in total. The van der Waals surface area contributed by atoms with Crippen LogP contribution in [-0.4, -0.2) is 25.5 Å². The van der Waals surface area contributed by atoms with Crippen molar-refractivity contribution in [1.29, 1.82) is 0 Å². The van der Waals surface area contributed by atoms with E-state index in [0.29, 0.717) is 5.89 Å². The summed E-state index contributed by atoms with van der Waals surface area (Å²) in [5.41, 5.74) is 2.41. The Morgan fingerprint density at radius 1 is 0.756 bits per heavy atom. The number of nitro benzene ring substituents is 3. The number of benzene rings is 4. The second-order valence-electron chi connectivity index (χ2n) is 9.12. The second kappa shape index (κ2) is 10.8. The number of oxazole rings is 1. The average Bonchev–Trinajstić information content (AvgIpc) is 3.53. The highest BCUT2D eigenvalue weighted by atomic mass is 16.6. The molecular formula is C29H20N4O8. The highest BCUT2D eigenvalue weighted by molar-refractivity contribution is 6.23. The summed E-state index contributed by atoms with van der Waals surface area (Å²) in [5, 5.41) is 32.9. The van der Waals surface area contributed by atoms with Gasteiger partial charge in [0.05, 0.1) is 26.4 Å². The average molecular weight is 552 g/mol. The van der Waals surface area contributed by atoms with Crippen molar-refractivity contribution in [1.82, 2.24) is 4.98 Å². The minimum atomic E-state index is -0.841. The lowest BCUT2D eigenvalue weighted by molar-refractivity contribution is -0.393. The van der Waals surface area contributed by atoms with Gasteiger partial charge in [0.15, 0.2) is 11.4 Å². The molecule has 1 aromatic heterocycles. The molecule has 12 heteroatoms. The van der Waals surface area contributed by atoms with Crippen LogP contribution in [0.5, 0.6) is 0 Å². The number of aromatic nitrogens is 1. The van der Waals surface area contributed by atoms with Gasteiger partial charge in [0.1, 0.15) is 5.52 Å². The molecule has 5 aromatic rings. The summed E-state index contributed by atoms with van der Waals surface area (Å²) in [6.07, 6.45) is 2.14. The molecule has 0 saturated carbocycles. The maximum Gasteiger partial charge on any atom is 0.284 e. The van der Waals surface area contributed by atoms with Gasteiger partial charge >= 0.3 is 0 Å². The highest BCUT2D eigenvalue weighted by Crippen LogP contribution is 2.45. The number of carbonyl (C=O) groups is 1. The molecule has 4 aromatic carbocycles. The van der Waals surface area contributed by atoms with Gasteiger partial charge in [-0.1, -0.05) is 43.7 Å². The van der Waals surface area contributed by atoms with Crippen LogP contribution in [0.25, 0.3) is 33.7 Å². The topological polar surface area (TPSA) is 173 Å². The first-order valence-electron chi connectivity index (χ1n) is 12.4. The first-order valence-corrected chi connectivity index (χ1v) is 12.4. The van der Waals surface area contributed by atoms with Crippen LogP contribution in [0.1, 0.15) is 34.8 Å². The van der Waals surface area contributed by atoms with Crippen molar-refractivity contribution in [3.63, 3.8) is 0 Å². The largest absolute Gasteiger partial charge is 0.436 e. The highest BCUT2D eigenvalue weighted by Gasteiger charge is 2.37. The zero-order valence-corrected chi connectivity index (χ0v) is 21.5. The number of aryl methyl sites for hydroxylation is 1. The summed E-state index contributed by atoms with van der Waals surface area (Å²) in [7, 11) is 0. The van der Waals surface area contributed by atoms with Crippen molar-refractivity contribution in [2.24, 2.45) is 0 Å². The van der Waals surface area contributed by atoms with E-state index >= 15 is 0 Å². The van der Waals surface area contributed by atoms with E-state index in [1.165, 1.54) is 11.6 Å². The lowest BCUT2D eigenvalue weighted by Crippen LogP contribution is -2.00. The molecule has 0 N–H and O–H groups in total. The third-order valence-corrected chi connectivity index (χ3v) is 6.52. The summed E-state index contributed by atoms with van der Waals surface area (Å²) >= 11 is 0. The van der Waals surface area contributed by atoms with Gasteiger partial charge in [0.2, 0.25) is 5.89 Å². The monoisotopic (exact) mass is 552 g/mol. The van der Waals surface area contributed by atoms with Crippen LogP contribution in [0.15, 0.2) is 83.3 Å². The van der Waals surface area contributed by atoms with Crippen molar-refractivity contribution in [2.45, 2.75) is 19.8 Å². The van der Waals surface area contributed by atoms with Gasteiger partial charge in [0, 0.05) is 40.5 Å². The van der Waals surface area contributed by atoms with Gasteiger partial charge in [-0.3, -0.25) is 35.1 Å². The molecule has 0 bridgehead atoms. The standard InChI is InChI=1S/C16H15NO.C13H5N3O7/c1-2-7-12-10-6-11-14-15(12)18-16(17-14)13-8-4-3-5-9-13;17-13-9-3-6(14(18)19)1-2-8(9)12-10(13)4-7(15(20)21)5-11(12)16(22)23/h3-6,8-11H,2,7H2,1H3;1-5H. The molecule has 6 rings (SSSR count). The van der Waals surface area contributed by atoms with E-state index in [1.54, 1.807) is 0 Å². The summed E-state index contributed by atoms with van der Waals surface area (Å²) in [6, 6.07) is 21.3. The van der Waals surface area contributed by atoms with E-state index < -0.39 is 31.9 Å². The van der Waals surface area contributed by atoms with Crippen LogP contribution >= 0.6 is 0 Å². The molecule has 0 fully saturated rings. The normalized spacial score (nSPS) is 11.4. The van der Waals surface area contributed by atoms with E-state index in [9.17, 15) is 35.1 Å². The lowest BCUT2D eigenvalue weighted by Gasteiger charge is -2.02. The number of rotatable bonds is 6. The number of ketones is 1. The fourth-order valence-corrected chi connectivity index (χ4v) is 4.70. The number of hydrogen-bond donors (Lipinski definition) is 0. The summed E-state index contributed by atoms with van der Waals surface area (Å²) in [4.78, 5) is 47.4. The minimum absolute atomic E-state index is 0.0597. The molecule has 0 atom stereocenters. The number of nitrogens with zero attached hydrogens (tertiary/aromatic N) is 4. The first kappa shape index (κ1) is 26.8. The maximum absolute atomic E-state index is 12.3. The Bertz CT molecular complexity index is 1860. The molecule has 0 amide bonds. The van der Waals surface area contributed by atoms with Gasteiger partial charge in [-0.05, 0) is 36.2 Å². The summed E-state index contributed by atoms with van der Waals surface area (Å²) in [5.74, 6) is -0.0142. The lowest BCUT2D eigenvalue weighted by atomic mass is 10.0. The SMILES string of the molecule is CCCc1cccc2nc(-c3ccccc3)oc12.O=C1c2cc([N+](=O)[O-])ccc2-c2c1cc([N+](=O)[O-])cc2[N+](=O)[O-]. The van der Waals surface area contributed by atoms with Gasteiger partial charge in [-0.2, -0.15) is 0 Å². The molecule has 204 valence electrons. The van der Waals surface area contributed by atoms with Crippen LogP contribution in [-0.2, 0) is 6.42 Å².